The Kier molecular flexibility index (Phi) is 9.29. The number of benzene rings is 2. The number of nitrogens with one attached hydrogen (secondary N) is 1. The maximum atomic E-state index is 12.8. The van der Waals surface area contributed by atoms with Crippen LogP contribution in [0.1, 0.15) is 54.4 Å². The van der Waals surface area contributed by atoms with Crippen LogP contribution >= 0.6 is 11.6 Å². The van der Waals surface area contributed by atoms with Gasteiger partial charge in [0.25, 0.3) is 0 Å². The molecule has 1 saturated heterocycles. The predicted molar refractivity (Wildman–Crippen MR) is 113 cm³/mol. The second-order valence-electron chi connectivity index (χ2n) is 7.30. The van der Waals surface area contributed by atoms with Crippen LogP contribution in [-0.2, 0) is 4.79 Å². The lowest BCUT2D eigenvalue weighted by molar-refractivity contribution is -0.142. The summed E-state index contributed by atoms with van der Waals surface area (Å²) in [5.41, 5.74) is 1.73. The number of aliphatic carboxylic acids is 1. The highest BCUT2D eigenvalue weighted by Crippen LogP contribution is 2.23. The number of rotatable bonds is 6. The standard InChI is InChI=1S/C17H16ClFO.C6H11NO2/c1-12(13-3-7-15(18)8-4-13)2-11-17(20)14-5-9-16(19)10-6-14;8-6(9)5-2-1-3-7-4-5/h3-10,12H,2,11H2,1H3;5,7H,1-4H2,(H,8,9)/t;5-/m.1/s1. The Hall–Kier alpha value is -2.24. The predicted octanol–water partition coefficient (Wildman–Crippen LogP) is 5.32. The fourth-order valence-corrected chi connectivity index (χ4v) is 3.27. The largest absolute Gasteiger partial charge is 0.481 e. The van der Waals surface area contributed by atoms with Crippen LogP contribution in [0.25, 0.3) is 0 Å². The van der Waals surface area contributed by atoms with Crippen molar-refractivity contribution in [2.75, 3.05) is 13.1 Å². The Bertz CT molecular complexity index is 787. The first-order valence-corrected chi connectivity index (χ1v) is 10.2. The molecule has 3 rings (SSSR count). The van der Waals surface area contributed by atoms with Gasteiger partial charge in [0.2, 0.25) is 0 Å². The summed E-state index contributed by atoms with van der Waals surface area (Å²) in [5, 5.41) is 12.2. The van der Waals surface area contributed by atoms with Gasteiger partial charge in [0.15, 0.2) is 5.78 Å². The highest BCUT2D eigenvalue weighted by molar-refractivity contribution is 6.30. The van der Waals surface area contributed by atoms with Gasteiger partial charge in [-0.15, -0.1) is 0 Å². The van der Waals surface area contributed by atoms with Crippen molar-refractivity contribution in [3.63, 3.8) is 0 Å². The summed E-state index contributed by atoms with van der Waals surface area (Å²) >= 11 is 5.85. The lowest BCUT2D eigenvalue weighted by atomic mass is 9.94. The zero-order valence-corrected chi connectivity index (χ0v) is 17.3. The fraction of sp³-hybridized carbons (Fsp3) is 0.391. The van der Waals surface area contributed by atoms with E-state index >= 15 is 0 Å². The lowest BCUT2D eigenvalue weighted by Gasteiger charge is -2.18. The number of halogens is 2. The van der Waals surface area contributed by atoms with Gasteiger partial charge < -0.3 is 10.4 Å². The van der Waals surface area contributed by atoms with Crippen LogP contribution < -0.4 is 5.32 Å². The van der Waals surface area contributed by atoms with Crippen LogP contribution in [0.4, 0.5) is 4.39 Å². The summed E-state index contributed by atoms with van der Waals surface area (Å²) in [6.07, 6.45) is 3.05. The minimum atomic E-state index is -0.665. The van der Waals surface area contributed by atoms with Crippen molar-refractivity contribution >= 4 is 23.4 Å². The van der Waals surface area contributed by atoms with Gasteiger partial charge in [0.05, 0.1) is 5.92 Å². The van der Waals surface area contributed by atoms with Gasteiger partial charge in [-0.3, -0.25) is 9.59 Å². The van der Waals surface area contributed by atoms with Gasteiger partial charge in [-0.05, 0) is 73.7 Å². The fourth-order valence-electron chi connectivity index (χ4n) is 3.15. The number of carboxylic acid groups (broad SMARTS) is 1. The summed E-state index contributed by atoms with van der Waals surface area (Å²) in [7, 11) is 0. The van der Waals surface area contributed by atoms with Gasteiger partial charge in [0.1, 0.15) is 5.82 Å². The first-order valence-electron chi connectivity index (χ1n) is 9.84. The number of carboxylic acids is 1. The second kappa shape index (κ2) is 11.7. The normalized spacial score (nSPS) is 17.0. The second-order valence-corrected chi connectivity index (χ2v) is 7.74. The average molecular weight is 420 g/mol. The van der Waals surface area contributed by atoms with Gasteiger partial charge >= 0.3 is 5.97 Å². The Labute approximate surface area is 176 Å². The highest BCUT2D eigenvalue weighted by Gasteiger charge is 2.19. The molecule has 0 saturated carbocycles. The molecule has 1 aliphatic rings. The molecule has 0 radical (unpaired) electrons. The Morgan fingerprint density at radius 3 is 2.34 bits per heavy atom. The first kappa shape index (κ1) is 23.0. The van der Waals surface area contributed by atoms with Crippen molar-refractivity contribution in [1.29, 1.82) is 0 Å². The quantitative estimate of drug-likeness (QED) is 0.622. The van der Waals surface area contributed by atoms with Crippen LogP contribution in [-0.4, -0.2) is 29.9 Å². The van der Waals surface area contributed by atoms with Crippen LogP contribution in [0.3, 0.4) is 0 Å². The minimum absolute atomic E-state index is 0.0470. The Balaban J connectivity index is 0.000000278. The summed E-state index contributed by atoms with van der Waals surface area (Å²) in [6, 6.07) is 13.4. The van der Waals surface area contributed by atoms with E-state index in [0.717, 1.165) is 25.8 Å². The Morgan fingerprint density at radius 1 is 1.17 bits per heavy atom. The van der Waals surface area contributed by atoms with E-state index in [9.17, 15) is 14.0 Å². The number of hydrogen-bond donors (Lipinski definition) is 2. The van der Waals surface area contributed by atoms with E-state index in [-0.39, 0.29) is 23.4 Å². The topological polar surface area (TPSA) is 66.4 Å². The van der Waals surface area contributed by atoms with Crippen LogP contribution in [0.15, 0.2) is 48.5 Å². The zero-order chi connectivity index (χ0) is 21.2. The highest BCUT2D eigenvalue weighted by atomic mass is 35.5. The molecule has 0 bridgehead atoms. The van der Waals surface area contributed by atoms with E-state index in [0.29, 0.717) is 23.6 Å². The molecule has 1 heterocycles. The molecule has 0 aromatic heterocycles. The number of ketones is 1. The van der Waals surface area contributed by atoms with Crippen LogP contribution in [0.5, 0.6) is 0 Å². The molecule has 2 atom stereocenters. The molecule has 2 aromatic rings. The van der Waals surface area contributed by atoms with Crippen molar-refractivity contribution in [3.05, 3.63) is 70.5 Å². The van der Waals surface area contributed by atoms with Crippen LogP contribution in [0.2, 0.25) is 5.02 Å². The summed E-state index contributed by atoms with van der Waals surface area (Å²) in [6.45, 7) is 3.71. The monoisotopic (exact) mass is 419 g/mol. The third-order valence-corrected chi connectivity index (χ3v) is 5.31. The van der Waals surface area contributed by atoms with E-state index in [1.807, 2.05) is 24.3 Å². The summed E-state index contributed by atoms with van der Waals surface area (Å²) in [4.78, 5) is 22.3. The van der Waals surface area contributed by atoms with Crippen molar-refractivity contribution in [3.8, 4) is 0 Å². The molecule has 156 valence electrons. The van der Waals surface area contributed by atoms with Crippen molar-refractivity contribution in [2.24, 2.45) is 5.92 Å². The third kappa shape index (κ3) is 7.95. The molecule has 0 aliphatic carbocycles. The van der Waals surface area contributed by atoms with E-state index in [1.165, 1.54) is 29.8 Å². The first-order chi connectivity index (χ1) is 13.9. The maximum Gasteiger partial charge on any atom is 0.307 e. The molecule has 4 nitrogen and oxygen atoms in total. The van der Waals surface area contributed by atoms with Gasteiger partial charge in [-0.2, -0.15) is 0 Å². The van der Waals surface area contributed by atoms with Crippen molar-refractivity contribution in [1.82, 2.24) is 5.32 Å². The van der Waals surface area contributed by atoms with Gasteiger partial charge in [-0.1, -0.05) is 30.7 Å². The summed E-state index contributed by atoms with van der Waals surface area (Å²) in [5.74, 6) is -0.792. The molecular weight excluding hydrogens is 393 g/mol. The molecule has 29 heavy (non-hydrogen) atoms. The maximum absolute atomic E-state index is 12.8. The van der Waals surface area contributed by atoms with Crippen LogP contribution in [0, 0.1) is 11.7 Å². The smallest absolute Gasteiger partial charge is 0.307 e. The molecular formula is C23H27ClFNO3. The molecule has 2 N–H and O–H groups in total. The van der Waals surface area contributed by atoms with Gasteiger partial charge in [-0.25, -0.2) is 4.39 Å². The lowest BCUT2D eigenvalue weighted by Crippen LogP contribution is -2.34. The van der Waals surface area contributed by atoms with E-state index in [4.69, 9.17) is 16.7 Å². The average Bonchev–Trinajstić information content (AvgIpc) is 2.74. The molecule has 1 fully saturated rings. The molecule has 1 aliphatic heterocycles. The summed E-state index contributed by atoms with van der Waals surface area (Å²) < 4.78 is 12.8. The van der Waals surface area contributed by atoms with Gasteiger partial charge in [0, 0.05) is 23.6 Å². The third-order valence-electron chi connectivity index (χ3n) is 5.06. The number of Topliss-reactive ketones (excluding diaryl/α,β-unsaturated/α-hetero) is 1. The molecule has 0 spiro atoms. The van der Waals surface area contributed by atoms with Crippen molar-refractivity contribution in [2.45, 2.75) is 38.5 Å². The van der Waals surface area contributed by atoms with E-state index in [2.05, 4.69) is 12.2 Å². The molecule has 6 heteroatoms. The van der Waals surface area contributed by atoms with Crippen molar-refractivity contribution < 1.29 is 19.1 Å². The molecule has 1 unspecified atom stereocenters. The number of hydrogen-bond acceptors (Lipinski definition) is 3. The molecule has 0 amide bonds. The number of carbonyl (C=O) groups excluding carboxylic acids is 1. The zero-order valence-electron chi connectivity index (χ0n) is 16.5. The van der Waals surface area contributed by atoms with E-state index in [1.54, 1.807) is 0 Å². The molecule has 2 aromatic carbocycles. The minimum Gasteiger partial charge on any atom is -0.481 e. The Morgan fingerprint density at radius 2 is 1.83 bits per heavy atom. The number of piperidine rings is 1. The SMILES string of the molecule is CC(CCC(=O)c1ccc(F)cc1)c1ccc(Cl)cc1.O=C(O)[C@@H]1CCCNC1. The number of carbonyl (C=O) groups is 2. The van der Waals surface area contributed by atoms with E-state index < -0.39 is 5.97 Å².